The number of halogens is 1. The van der Waals surface area contributed by atoms with Crippen molar-refractivity contribution in [2.45, 2.75) is 70.6 Å². The van der Waals surface area contributed by atoms with Crippen LogP contribution in [0.1, 0.15) is 63.0 Å². The Balaban J connectivity index is 1.75. The molecule has 24 heavy (non-hydrogen) atoms. The fourth-order valence-corrected chi connectivity index (χ4v) is 6.44. The molecule has 0 amide bonds. The summed E-state index contributed by atoms with van der Waals surface area (Å²) in [6.07, 6.45) is 4.52. The molecule has 1 unspecified atom stereocenters. The molecule has 1 aromatic carbocycles. The van der Waals surface area contributed by atoms with Crippen LogP contribution in [0.2, 0.25) is 0 Å². The highest BCUT2D eigenvalue weighted by Gasteiger charge is 2.55. The molecule has 0 radical (unpaired) electrons. The Hall–Kier alpha value is -1.09. The molecule has 2 saturated carbocycles. The molecule has 0 aromatic heterocycles. The number of benzene rings is 1. The number of hydrogen-bond donors (Lipinski definition) is 2. The van der Waals surface area contributed by atoms with Crippen molar-refractivity contribution in [3.8, 4) is 5.75 Å². The summed E-state index contributed by atoms with van der Waals surface area (Å²) in [6.45, 7) is 4.00. The number of alkyl halides is 1. The molecular formula is C21H29FO2. The van der Waals surface area contributed by atoms with Crippen LogP contribution in [0.15, 0.2) is 18.2 Å². The van der Waals surface area contributed by atoms with Gasteiger partial charge in [-0.2, -0.15) is 0 Å². The van der Waals surface area contributed by atoms with Crippen molar-refractivity contribution >= 4 is 0 Å². The number of aromatic hydroxyl groups is 1. The molecule has 132 valence electrons. The van der Waals surface area contributed by atoms with Crippen LogP contribution in [0, 0.1) is 23.2 Å². The molecule has 1 aromatic rings. The molecule has 0 heterocycles. The lowest BCUT2D eigenvalue weighted by atomic mass is 9.52. The second kappa shape index (κ2) is 5.72. The lowest BCUT2D eigenvalue weighted by Crippen LogP contribution is -2.44. The van der Waals surface area contributed by atoms with E-state index >= 15 is 0 Å². The Morgan fingerprint density at radius 3 is 2.92 bits per heavy atom. The van der Waals surface area contributed by atoms with Crippen molar-refractivity contribution in [3.63, 3.8) is 0 Å². The van der Waals surface area contributed by atoms with Crippen molar-refractivity contribution in [2.75, 3.05) is 0 Å². The van der Waals surface area contributed by atoms with Crippen LogP contribution >= 0.6 is 0 Å². The summed E-state index contributed by atoms with van der Waals surface area (Å²) in [5.74, 6) is 2.06. The van der Waals surface area contributed by atoms with Gasteiger partial charge in [0.2, 0.25) is 0 Å². The number of phenols is 1. The predicted octanol–water partition coefficient (Wildman–Crippen LogP) is 4.58. The van der Waals surface area contributed by atoms with Gasteiger partial charge < -0.3 is 10.2 Å². The van der Waals surface area contributed by atoms with Gasteiger partial charge in [0.25, 0.3) is 0 Å². The van der Waals surface area contributed by atoms with Gasteiger partial charge in [0.15, 0.2) is 0 Å². The molecule has 3 aliphatic rings. The van der Waals surface area contributed by atoms with Gasteiger partial charge >= 0.3 is 0 Å². The summed E-state index contributed by atoms with van der Waals surface area (Å²) in [5.41, 5.74) is 2.79. The second-order valence-electron chi connectivity index (χ2n) is 8.94. The Labute approximate surface area is 144 Å². The molecular weight excluding hydrogens is 303 g/mol. The third-order valence-electron chi connectivity index (χ3n) is 7.26. The molecule has 2 nitrogen and oxygen atoms in total. The summed E-state index contributed by atoms with van der Waals surface area (Å²) in [4.78, 5) is 0. The van der Waals surface area contributed by atoms with Crippen molar-refractivity contribution in [3.05, 3.63) is 29.3 Å². The third kappa shape index (κ3) is 2.56. The van der Waals surface area contributed by atoms with Gasteiger partial charge in [0.1, 0.15) is 5.75 Å². The highest BCUT2D eigenvalue weighted by molar-refractivity contribution is 5.40. The SMILES string of the molecule is CC(F)C[C@H]1Cc2cc(O)ccc2[C@H]2CC[C@]3(C)C[C@@H](O)C[C@H]3[C@H]12. The monoisotopic (exact) mass is 332 g/mol. The van der Waals surface area contributed by atoms with Crippen molar-refractivity contribution in [2.24, 2.45) is 23.2 Å². The molecule has 2 N–H and O–H groups in total. The molecule has 3 heteroatoms. The van der Waals surface area contributed by atoms with Crippen molar-refractivity contribution in [1.82, 2.24) is 0 Å². The fourth-order valence-electron chi connectivity index (χ4n) is 6.44. The summed E-state index contributed by atoms with van der Waals surface area (Å²) in [5, 5.41) is 20.2. The van der Waals surface area contributed by atoms with E-state index in [-0.39, 0.29) is 11.5 Å². The number of rotatable bonds is 2. The molecule has 4 rings (SSSR count). The maximum Gasteiger partial charge on any atom is 0.115 e. The predicted molar refractivity (Wildman–Crippen MR) is 92.8 cm³/mol. The Morgan fingerprint density at radius 2 is 2.17 bits per heavy atom. The summed E-state index contributed by atoms with van der Waals surface area (Å²) < 4.78 is 13.9. The van der Waals surface area contributed by atoms with Gasteiger partial charge in [-0.25, -0.2) is 4.39 Å². The first-order valence-electron chi connectivity index (χ1n) is 9.51. The molecule has 0 saturated heterocycles. The van der Waals surface area contributed by atoms with Gasteiger partial charge in [0.05, 0.1) is 12.3 Å². The topological polar surface area (TPSA) is 40.5 Å². The van der Waals surface area contributed by atoms with E-state index in [2.05, 4.69) is 13.0 Å². The van der Waals surface area contributed by atoms with E-state index in [1.807, 2.05) is 6.07 Å². The zero-order valence-corrected chi connectivity index (χ0v) is 14.7. The molecule has 0 aliphatic heterocycles. The smallest absolute Gasteiger partial charge is 0.115 e. The Bertz CT molecular complexity index is 628. The number of aliphatic hydroxyl groups is 1. The minimum Gasteiger partial charge on any atom is -0.508 e. The van der Waals surface area contributed by atoms with Gasteiger partial charge in [0, 0.05) is 0 Å². The zero-order valence-electron chi connectivity index (χ0n) is 14.7. The Kier molecular flexibility index (Phi) is 3.91. The second-order valence-corrected chi connectivity index (χ2v) is 8.94. The zero-order chi connectivity index (χ0) is 17.1. The van der Waals surface area contributed by atoms with Crippen LogP contribution in [0.5, 0.6) is 5.75 Å². The quantitative estimate of drug-likeness (QED) is 0.832. The Morgan fingerprint density at radius 1 is 1.38 bits per heavy atom. The minimum absolute atomic E-state index is 0.191. The number of aliphatic hydroxyl groups excluding tert-OH is 1. The van der Waals surface area contributed by atoms with E-state index < -0.39 is 6.17 Å². The van der Waals surface area contributed by atoms with E-state index in [0.717, 1.165) is 32.1 Å². The third-order valence-corrected chi connectivity index (χ3v) is 7.26. The first kappa shape index (κ1) is 16.4. The van der Waals surface area contributed by atoms with Gasteiger partial charge in [-0.05, 0) is 97.8 Å². The van der Waals surface area contributed by atoms with Crippen LogP contribution in [-0.4, -0.2) is 22.5 Å². The maximum absolute atomic E-state index is 13.9. The molecule has 2 fully saturated rings. The minimum atomic E-state index is -0.797. The van der Waals surface area contributed by atoms with E-state index in [0.29, 0.717) is 35.8 Å². The number of phenolic OH excluding ortho intramolecular Hbond substituents is 1. The van der Waals surface area contributed by atoms with Crippen molar-refractivity contribution in [1.29, 1.82) is 0 Å². The summed E-state index contributed by atoms with van der Waals surface area (Å²) in [7, 11) is 0. The first-order chi connectivity index (χ1) is 11.4. The van der Waals surface area contributed by atoms with Gasteiger partial charge in [-0.15, -0.1) is 0 Å². The molecule has 0 spiro atoms. The lowest BCUT2D eigenvalue weighted by Gasteiger charge is -2.52. The first-order valence-corrected chi connectivity index (χ1v) is 9.51. The average molecular weight is 332 g/mol. The number of fused-ring (bicyclic) bond motifs is 5. The van der Waals surface area contributed by atoms with E-state index in [9.17, 15) is 14.6 Å². The van der Waals surface area contributed by atoms with Crippen molar-refractivity contribution < 1.29 is 14.6 Å². The summed E-state index contributed by atoms with van der Waals surface area (Å²) >= 11 is 0. The van der Waals surface area contributed by atoms with Gasteiger partial charge in [-0.3, -0.25) is 0 Å². The van der Waals surface area contributed by atoms with Gasteiger partial charge in [-0.1, -0.05) is 13.0 Å². The molecule has 0 bridgehead atoms. The largest absolute Gasteiger partial charge is 0.508 e. The fraction of sp³-hybridized carbons (Fsp3) is 0.714. The average Bonchev–Trinajstić information content (AvgIpc) is 2.80. The lowest BCUT2D eigenvalue weighted by molar-refractivity contribution is 0.0168. The van der Waals surface area contributed by atoms with Crippen LogP contribution in [0.3, 0.4) is 0 Å². The molecule has 7 atom stereocenters. The molecule has 3 aliphatic carbocycles. The summed E-state index contributed by atoms with van der Waals surface area (Å²) in [6, 6.07) is 5.77. The standard InChI is InChI=1S/C21H29FO2/c1-12(22)7-14-8-13-9-15(23)3-4-17(13)18-5-6-21(2)11-16(24)10-19(21)20(14)18/h3-4,9,12,14,16,18-20,23-24H,5-8,10-11H2,1-2H3/t12?,14-,16-,18+,19-,20+,21+/m0/s1. The van der Waals surface area contributed by atoms with Crippen LogP contribution in [0.4, 0.5) is 4.39 Å². The van der Waals surface area contributed by atoms with Crippen LogP contribution < -0.4 is 0 Å². The van der Waals surface area contributed by atoms with E-state index in [1.165, 1.54) is 11.1 Å². The van der Waals surface area contributed by atoms with E-state index in [1.54, 1.807) is 13.0 Å². The maximum atomic E-state index is 13.9. The van der Waals surface area contributed by atoms with E-state index in [4.69, 9.17) is 0 Å². The van der Waals surface area contributed by atoms with Crippen LogP contribution in [0.25, 0.3) is 0 Å². The highest BCUT2D eigenvalue weighted by Crippen LogP contribution is 2.62. The van der Waals surface area contributed by atoms with Crippen LogP contribution in [-0.2, 0) is 6.42 Å². The highest BCUT2D eigenvalue weighted by atomic mass is 19.1. The normalized spacial score (nSPS) is 42.1. The number of hydrogen-bond acceptors (Lipinski definition) is 2.